The number of carbonyl (C=O) groups excluding carboxylic acids is 1. The van der Waals surface area contributed by atoms with E-state index in [1.54, 1.807) is 30.3 Å². The highest BCUT2D eigenvalue weighted by atomic mass is 32.1. The first kappa shape index (κ1) is 29.5. The number of nitrogens with two attached hydrogens (primary N) is 1. The van der Waals surface area contributed by atoms with Gasteiger partial charge in [-0.25, -0.2) is 13.8 Å². The lowest BCUT2D eigenvalue weighted by Gasteiger charge is -2.10. The third-order valence-corrected chi connectivity index (χ3v) is 7.75. The summed E-state index contributed by atoms with van der Waals surface area (Å²) in [5.74, 6) is -3.74. The predicted octanol–water partition coefficient (Wildman–Crippen LogP) is 5.97. The predicted molar refractivity (Wildman–Crippen MR) is 149 cm³/mol. The first-order valence-corrected chi connectivity index (χ1v) is 13.6. The summed E-state index contributed by atoms with van der Waals surface area (Å²) in [5, 5.41) is 16.4. The Balaban J connectivity index is 1.49. The Hall–Kier alpha value is -5.57. The van der Waals surface area contributed by atoms with Gasteiger partial charge in [0.1, 0.15) is 32.8 Å². The molecule has 0 fully saturated rings. The molecule has 0 saturated carbocycles. The number of methoxy groups -OCH3 is 1. The van der Waals surface area contributed by atoms with Crippen LogP contribution < -0.4 is 25.0 Å². The van der Waals surface area contributed by atoms with Crippen LogP contribution in [-0.4, -0.2) is 29.5 Å². The largest absolute Gasteiger partial charge is 0.573 e. The van der Waals surface area contributed by atoms with Gasteiger partial charge in [-0.3, -0.25) is 4.79 Å². The second-order valence-corrected chi connectivity index (χ2v) is 10.4. The van der Waals surface area contributed by atoms with Gasteiger partial charge in [0.15, 0.2) is 5.95 Å². The van der Waals surface area contributed by atoms with E-state index in [2.05, 4.69) is 15.0 Å². The molecule has 3 aromatic carbocycles. The van der Waals surface area contributed by atoms with Crippen molar-refractivity contribution in [3.8, 4) is 45.5 Å². The van der Waals surface area contributed by atoms with Crippen molar-refractivity contribution in [1.29, 1.82) is 0 Å². The number of alkyl halides is 3. The van der Waals surface area contributed by atoms with Crippen LogP contribution in [0, 0.1) is 11.6 Å². The van der Waals surface area contributed by atoms with Crippen molar-refractivity contribution in [2.45, 2.75) is 6.36 Å². The Morgan fingerprint density at radius 3 is 2.31 bits per heavy atom. The number of anilines is 1. The van der Waals surface area contributed by atoms with Gasteiger partial charge in [-0.2, -0.15) is 0 Å². The maximum absolute atomic E-state index is 15.1. The van der Waals surface area contributed by atoms with Crippen LogP contribution in [0.4, 0.5) is 27.6 Å². The third-order valence-electron chi connectivity index (χ3n) is 6.65. The molecule has 0 aliphatic carbocycles. The van der Waals surface area contributed by atoms with Crippen LogP contribution in [0.1, 0.15) is 15.4 Å². The molecule has 15 heteroatoms. The second kappa shape index (κ2) is 11.2. The lowest BCUT2D eigenvalue weighted by atomic mass is 9.98. The Morgan fingerprint density at radius 2 is 1.67 bits per heavy atom. The summed E-state index contributed by atoms with van der Waals surface area (Å²) < 4.78 is 81.2. The number of carbonyl (C=O) groups is 1. The fourth-order valence-corrected chi connectivity index (χ4v) is 5.69. The fourth-order valence-electron chi connectivity index (χ4n) is 4.63. The van der Waals surface area contributed by atoms with Gasteiger partial charge in [-0.1, -0.05) is 0 Å². The standard InChI is InChI=1S/C30H17F5N4O5S/c1-42-17-7-2-14(3-8-17)22-13-20(19-11-4-15(31)12-21(19)32)23-24(36)27(45-28(23)37-22)26(40)25-29(41)44-38-39(25)16-5-9-18(10-6-16)43-30(33,34)35/h2-13H,1H3,(H2-,36,38,40,41). The minimum atomic E-state index is -4.93. The number of benzene rings is 3. The van der Waals surface area contributed by atoms with Gasteiger partial charge in [0.2, 0.25) is 5.69 Å². The van der Waals surface area contributed by atoms with Crippen LogP contribution in [0.3, 0.4) is 0 Å². The molecule has 0 bridgehead atoms. The summed E-state index contributed by atoms with van der Waals surface area (Å²) in [6, 6.07) is 15.6. The van der Waals surface area contributed by atoms with Crippen molar-refractivity contribution in [3.05, 3.63) is 95.0 Å². The van der Waals surface area contributed by atoms with Crippen molar-refractivity contribution in [2.75, 3.05) is 12.8 Å². The highest BCUT2D eigenvalue weighted by molar-refractivity contribution is 7.21. The van der Waals surface area contributed by atoms with Crippen molar-refractivity contribution >= 4 is 33.0 Å². The molecule has 6 rings (SSSR count). The molecule has 0 saturated heterocycles. The zero-order valence-electron chi connectivity index (χ0n) is 22.7. The molecule has 0 radical (unpaired) electrons. The van der Waals surface area contributed by atoms with Crippen LogP contribution in [0.2, 0.25) is 0 Å². The molecule has 0 unspecified atom stereocenters. The van der Waals surface area contributed by atoms with E-state index in [-0.39, 0.29) is 37.6 Å². The molecule has 2 N–H and O–H groups in total. The molecule has 6 aromatic rings. The Labute approximate surface area is 253 Å². The summed E-state index contributed by atoms with van der Waals surface area (Å²) in [5.41, 5.74) is 6.88. The van der Waals surface area contributed by atoms with Crippen LogP contribution in [-0.2, 0) is 0 Å². The number of ketones is 1. The summed E-state index contributed by atoms with van der Waals surface area (Å²) in [6.07, 6.45) is -4.93. The van der Waals surface area contributed by atoms with E-state index in [0.29, 0.717) is 23.1 Å². The molecule has 228 valence electrons. The van der Waals surface area contributed by atoms with E-state index >= 15 is 4.39 Å². The van der Waals surface area contributed by atoms with Crippen LogP contribution in [0.15, 0.2) is 77.3 Å². The molecule has 0 atom stereocenters. The molecule has 0 aliphatic heterocycles. The lowest BCUT2D eigenvalue weighted by Crippen LogP contribution is -2.39. The van der Waals surface area contributed by atoms with Gasteiger partial charge in [0.25, 0.3) is 5.78 Å². The molecule has 0 aliphatic rings. The smallest absolute Gasteiger partial charge is 0.539 e. The first-order chi connectivity index (χ1) is 21.4. The van der Waals surface area contributed by atoms with Crippen molar-refractivity contribution in [2.24, 2.45) is 0 Å². The molecule has 0 spiro atoms. The average molecular weight is 641 g/mol. The minimum Gasteiger partial charge on any atom is -0.539 e. The number of ether oxygens (including phenoxy) is 2. The number of thiophene rings is 1. The van der Waals surface area contributed by atoms with Crippen molar-refractivity contribution in [3.63, 3.8) is 0 Å². The fraction of sp³-hybridized carbons (Fsp3) is 0.0667. The van der Waals surface area contributed by atoms with E-state index in [9.17, 15) is 27.5 Å². The van der Waals surface area contributed by atoms with Gasteiger partial charge in [0.05, 0.1) is 23.8 Å². The molecule has 3 heterocycles. The van der Waals surface area contributed by atoms with Crippen LogP contribution in [0.5, 0.6) is 17.4 Å². The average Bonchev–Trinajstić information content (AvgIpc) is 3.55. The number of hydrogen-bond donors (Lipinski definition) is 1. The number of nitrogen functional groups attached to an aromatic ring is 1. The van der Waals surface area contributed by atoms with Crippen LogP contribution >= 0.6 is 11.3 Å². The van der Waals surface area contributed by atoms with Gasteiger partial charge in [-0.15, -0.1) is 24.5 Å². The molecular formula is C30H17F5N4O5S. The number of aromatic nitrogens is 3. The Morgan fingerprint density at radius 1 is 0.978 bits per heavy atom. The van der Waals surface area contributed by atoms with E-state index in [4.69, 9.17) is 15.0 Å². The zero-order chi connectivity index (χ0) is 32.0. The maximum Gasteiger partial charge on any atom is 0.573 e. The zero-order valence-corrected chi connectivity index (χ0v) is 23.5. The Kier molecular flexibility index (Phi) is 7.32. The number of hydrogen-bond acceptors (Lipinski definition) is 9. The summed E-state index contributed by atoms with van der Waals surface area (Å²) in [6.45, 7) is 0. The molecular weight excluding hydrogens is 623 g/mol. The first-order valence-electron chi connectivity index (χ1n) is 12.8. The number of halogens is 5. The highest BCUT2D eigenvalue weighted by Crippen LogP contribution is 2.43. The number of rotatable bonds is 7. The quantitative estimate of drug-likeness (QED) is 0.129. The van der Waals surface area contributed by atoms with Gasteiger partial charge < -0.3 is 24.8 Å². The third kappa shape index (κ3) is 5.60. The van der Waals surface area contributed by atoms with Crippen molar-refractivity contribution < 1.29 is 50.5 Å². The van der Waals surface area contributed by atoms with Crippen LogP contribution in [0.25, 0.3) is 38.3 Å². The normalized spacial score (nSPS) is 11.6. The SMILES string of the molecule is COc1ccc(-c2cc(-c3ccc(F)cc3F)c3c(N)c(C(=O)c4c([O-])on[n+]4-c4ccc(OC(F)(F)F)cc4)sc3n2)cc1. The second-order valence-electron chi connectivity index (χ2n) is 9.42. The van der Waals surface area contributed by atoms with Gasteiger partial charge >= 0.3 is 12.1 Å². The number of fused-ring (bicyclic) bond motifs is 1. The number of nitrogens with zero attached hydrogens (tertiary/aromatic N) is 3. The summed E-state index contributed by atoms with van der Waals surface area (Å²) in [4.78, 5) is 18.5. The van der Waals surface area contributed by atoms with Gasteiger partial charge in [0, 0.05) is 34.7 Å². The van der Waals surface area contributed by atoms with Crippen molar-refractivity contribution in [1.82, 2.24) is 10.3 Å². The monoisotopic (exact) mass is 640 g/mol. The number of pyridine rings is 1. The molecule has 0 amide bonds. The van der Waals surface area contributed by atoms with E-state index < -0.39 is 41.2 Å². The highest BCUT2D eigenvalue weighted by Gasteiger charge is 2.34. The lowest BCUT2D eigenvalue weighted by molar-refractivity contribution is -0.672. The minimum absolute atomic E-state index is 0.00685. The molecule has 9 nitrogen and oxygen atoms in total. The van der Waals surface area contributed by atoms with E-state index in [1.165, 1.54) is 13.2 Å². The molecule has 45 heavy (non-hydrogen) atoms. The van der Waals surface area contributed by atoms with E-state index in [1.807, 2.05) is 0 Å². The summed E-state index contributed by atoms with van der Waals surface area (Å²) >= 11 is 0.812. The summed E-state index contributed by atoms with van der Waals surface area (Å²) in [7, 11) is 1.51. The van der Waals surface area contributed by atoms with Gasteiger partial charge in [-0.05, 0) is 64.8 Å². The van der Waals surface area contributed by atoms with E-state index in [0.717, 1.165) is 46.4 Å². The Bertz CT molecular complexity index is 2080. The maximum atomic E-state index is 15.1. The topological polar surface area (TPSA) is 127 Å². The molecule has 3 aromatic heterocycles.